The van der Waals surface area contributed by atoms with Gasteiger partial charge in [-0.05, 0) is 54.4 Å². The van der Waals surface area contributed by atoms with E-state index >= 15 is 0 Å². The Kier molecular flexibility index (Phi) is 6.51. The first-order valence-corrected chi connectivity index (χ1v) is 9.81. The summed E-state index contributed by atoms with van der Waals surface area (Å²) >= 11 is 0. The van der Waals surface area contributed by atoms with Crippen LogP contribution in [-0.4, -0.2) is 34.1 Å². The van der Waals surface area contributed by atoms with E-state index in [1.165, 1.54) is 5.56 Å². The molecule has 1 aliphatic rings. The second-order valence-corrected chi connectivity index (χ2v) is 7.73. The number of piperidine rings is 1. The monoisotopic (exact) mass is 367 g/mol. The van der Waals surface area contributed by atoms with Crippen LogP contribution in [0, 0.1) is 11.8 Å². The van der Waals surface area contributed by atoms with E-state index in [2.05, 4.69) is 24.3 Å². The number of aliphatic hydroxyl groups excluding tert-OH is 1. The number of rotatable bonds is 6. The molecule has 4 nitrogen and oxygen atoms in total. The van der Waals surface area contributed by atoms with Gasteiger partial charge in [0.15, 0.2) is 0 Å². The Hall–Kier alpha value is -2.33. The number of phenols is 1. The molecule has 0 unspecified atom stereocenters. The van der Waals surface area contributed by atoms with Gasteiger partial charge < -0.3 is 15.1 Å². The standard InChI is InChI=1S/C23H29NO3/c1-17(23(27)20-7-9-21(25)10-8-20)15-22(26)24-13-11-19(12-14-24)16-18-5-3-2-4-6-18/h2-10,17,19,23,25,27H,11-16H2,1H3/t17-,23+/m0/s1. The van der Waals surface area contributed by atoms with Crippen LogP contribution < -0.4 is 0 Å². The largest absolute Gasteiger partial charge is 0.508 e. The van der Waals surface area contributed by atoms with Crippen LogP contribution in [-0.2, 0) is 11.2 Å². The Bertz CT molecular complexity index is 721. The highest BCUT2D eigenvalue weighted by Gasteiger charge is 2.26. The van der Waals surface area contributed by atoms with Crippen molar-refractivity contribution < 1.29 is 15.0 Å². The number of carbonyl (C=O) groups is 1. The molecule has 0 aromatic heterocycles. The highest BCUT2D eigenvalue weighted by atomic mass is 16.3. The first kappa shape index (κ1) is 19.4. The summed E-state index contributed by atoms with van der Waals surface area (Å²) in [5.74, 6) is 0.770. The average Bonchev–Trinajstić information content (AvgIpc) is 2.69. The molecule has 0 bridgehead atoms. The average molecular weight is 367 g/mol. The van der Waals surface area contributed by atoms with Gasteiger partial charge >= 0.3 is 0 Å². The van der Waals surface area contributed by atoms with E-state index in [-0.39, 0.29) is 17.6 Å². The molecule has 2 atom stereocenters. The van der Waals surface area contributed by atoms with Crippen LogP contribution in [0.3, 0.4) is 0 Å². The van der Waals surface area contributed by atoms with Crippen molar-refractivity contribution in [2.75, 3.05) is 13.1 Å². The third-order valence-corrected chi connectivity index (χ3v) is 5.60. The first-order chi connectivity index (χ1) is 13.0. The van der Waals surface area contributed by atoms with E-state index in [1.807, 2.05) is 17.9 Å². The zero-order valence-electron chi connectivity index (χ0n) is 15.9. The van der Waals surface area contributed by atoms with Gasteiger partial charge in [0.1, 0.15) is 5.75 Å². The topological polar surface area (TPSA) is 60.8 Å². The number of likely N-dealkylation sites (tertiary alicyclic amines) is 1. The van der Waals surface area contributed by atoms with Gasteiger partial charge in [-0.2, -0.15) is 0 Å². The maximum atomic E-state index is 12.6. The molecule has 0 aliphatic carbocycles. The predicted octanol–water partition coefficient (Wildman–Crippen LogP) is 3.93. The molecule has 2 aromatic carbocycles. The molecule has 0 radical (unpaired) electrons. The van der Waals surface area contributed by atoms with Crippen LogP contribution in [0.1, 0.15) is 43.4 Å². The Morgan fingerprint density at radius 3 is 2.33 bits per heavy atom. The molecule has 3 rings (SSSR count). The molecule has 0 spiro atoms. The third kappa shape index (κ3) is 5.33. The minimum absolute atomic E-state index is 0.124. The van der Waals surface area contributed by atoms with Gasteiger partial charge in [0.05, 0.1) is 6.10 Å². The summed E-state index contributed by atoms with van der Waals surface area (Å²) in [5, 5.41) is 19.8. The fourth-order valence-corrected chi connectivity index (χ4v) is 3.85. The van der Waals surface area contributed by atoms with Crippen LogP contribution in [0.25, 0.3) is 0 Å². The molecule has 0 saturated carbocycles. The van der Waals surface area contributed by atoms with Crippen molar-refractivity contribution in [1.82, 2.24) is 4.90 Å². The predicted molar refractivity (Wildman–Crippen MR) is 106 cm³/mol. The molecular weight excluding hydrogens is 338 g/mol. The second kappa shape index (κ2) is 9.05. The summed E-state index contributed by atoms with van der Waals surface area (Å²) in [6, 6.07) is 17.1. The van der Waals surface area contributed by atoms with Gasteiger partial charge in [0, 0.05) is 19.5 Å². The Morgan fingerprint density at radius 1 is 1.07 bits per heavy atom. The first-order valence-electron chi connectivity index (χ1n) is 9.81. The lowest BCUT2D eigenvalue weighted by Gasteiger charge is -2.33. The van der Waals surface area contributed by atoms with E-state index in [1.54, 1.807) is 24.3 Å². The fraction of sp³-hybridized carbons (Fsp3) is 0.435. The van der Waals surface area contributed by atoms with Gasteiger partial charge in [-0.25, -0.2) is 0 Å². The fourth-order valence-electron chi connectivity index (χ4n) is 3.85. The Balaban J connectivity index is 1.46. The normalized spacial score (nSPS) is 17.5. The molecule has 1 amide bonds. The quantitative estimate of drug-likeness (QED) is 0.813. The van der Waals surface area contributed by atoms with Crippen LogP contribution in [0.5, 0.6) is 5.75 Å². The van der Waals surface area contributed by atoms with Gasteiger partial charge in [-0.1, -0.05) is 49.4 Å². The molecule has 1 fully saturated rings. The summed E-state index contributed by atoms with van der Waals surface area (Å²) in [6.07, 6.45) is 2.79. The van der Waals surface area contributed by atoms with E-state index in [0.29, 0.717) is 12.3 Å². The molecule has 27 heavy (non-hydrogen) atoms. The molecule has 1 aliphatic heterocycles. The number of aliphatic hydroxyl groups is 1. The number of aromatic hydroxyl groups is 1. The number of carbonyl (C=O) groups excluding carboxylic acids is 1. The van der Waals surface area contributed by atoms with Crippen LogP contribution in [0.4, 0.5) is 0 Å². The van der Waals surface area contributed by atoms with Crippen molar-refractivity contribution in [3.05, 3.63) is 65.7 Å². The SMILES string of the molecule is C[C@@H](CC(=O)N1CCC(Cc2ccccc2)CC1)[C@@H](O)c1ccc(O)cc1. The highest BCUT2D eigenvalue weighted by molar-refractivity contribution is 5.76. The van der Waals surface area contributed by atoms with Crippen LogP contribution >= 0.6 is 0 Å². The minimum Gasteiger partial charge on any atom is -0.508 e. The number of hydrogen-bond donors (Lipinski definition) is 2. The lowest BCUT2D eigenvalue weighted by molar-refractivity contribution is -0.134. The van der Waals surface area contributed by atoms with Gasteiger partial charge in [-0.3, -0.25) is 4.79 Å². The summed E-state index contributed by atoms with van der Waals surface area (Å²) < 4.78 is 0. The van der Waals surface area contributed by atoms with Crippen molar-refractivity contribution in [1.29, 1.82) is 0 Å². The van der Waals surface area contributed by atoms with Crippen molar-refractivity contribution in [3.63, 3.8) is 0 Å². The molecule has 1 saturated heterocycles. The van der Waals surface area contributed by atoms with Gasteiger partial charge in [0.2, 0.25) is 5.91 Å². The lowest BCUT2D eigenvalue weighted by atomic mass is 9.89. The van der Waals surface area contributed by atoms with Crippen molar-refractivity contribution >= 4 is 5.91 Å². The minimum atomic E-state index is -0.704. The smallest absolute Gasteiger partial charge is 0.222 e. The lowest BCUT2D eigenvalue weighted by Crippen LogP contribution is -2.39. The molecule has 4 heteroatoms. The molecule has 1 heterocycles. The number of phenolic OH excluding ortho intramolecular Hbond substituents is 1. The number of benzene rings is 2. The summed E-state index contributed by atoms with van der Waals surface area (Å²) in [4.78, 5) is 14.6. The zero-order chi connectivity index (χ0) is 19.2. The number of hydrogen-bond acceptors (Lipinski definition) is 3. The third-order valence-electron chi connectivity index (χ3n) is 5.60. The Labute approximate surface area is 161 Å². The van der Waals surface area contributed by atoms with E-state index in [9.17, 15) is 15.0 Å². The van der Waals surface area contributed by atoms with E-state index in [4.69, 9.17) is 0 Å². The summed E-state index contributed by atoms with van der Waals surface area (Å²) in [7, 11) is 0. The van der Waals surface area contributed by atoms with Crippen molar-refractivity contribution in [2.45, 2.75) is 38.7 Å². The van der Waals surface area contributed by atoms with Crippen molar-refractivity contribution in [3.8, 4) is 5.75 Å². The highest BCUT2D eigenvalue weighted by Crippen LogP contribution is 2.28. The number of amides is 1. The van der Waals surface area contributed by atoms with Crippen LogP contribution in [0.15, 0.2) is 54.6 Å². The zero-order valence-corrected chi connectivity index (χ0v) is 15.9. The molecular formula is C23H29NO3. The number of nitrogens with zero attached hydrogens (tertiary/aromatic N) is 1. The van der Waals surface area contributed by atoms with Crippen LogP contribution in [0.2, 0.25) is 0 Å². The van der Waals surface area contributed by atoms with Gasteiger partial charge in [0.25, 0.3) is 0 Å². The van der Waals surface area contributed by atoms with Crippen molar-refractivity contribution in [2.24, 2.45) is 11.8 Å². The molecule has 144 valence electrons. The van der Waals surface area contributed by atoms with E-state index < -0.39 is 6.10 Å². The molecule has 2 aromatic rings. The maximum Gasteiger partial charge on any atom is 0.222 e. The molecule has 2 N–H and O–H groups in total. The van der Waals surface area contributed by atoms with Gasteiger partial charge in [-0.15, -0.1) is 0 Å². The maximum absolute atomic E-state index is 12.6. The summed E-state index contributed by atoms with van der Waals surface area (Å²) in [5.41, 5.74) is 2.10. The Morgan fingerprint density at radius 2 is 1.70 bits per heavy atom. The second-order valence-electron chi connectivity index (χ2n) is 7.73. The van der Waals surface area contributed by atoms with E-state index in [0.717, 1.165) is 37.9 Å². The summed E-state index contributed by atoms with van der Waals surface area (Å²) in [6.45, 7) is 3.51.